The van der Waals surface area contributed by atoms with Gasteiger partial charge in [-0.2, -0.15) is 0 Å². The van der Waals surface area contributed by atoms with E-state index in [1.807, 2.05) is 48.5 Å². The zero-order chi connectivity index (χ0) is 19.3. The number of hydrogen-bond donors (Lipinski definition) is 1. The molecule has 0 aliphatic heterocycles. The average Bonchev–Trinajstić information content (AvgIpc) is 3.04. The third-order valence-corrected chi connectivity index (χ3v) is 4.27. The van der Waals surface area contributed by atoms with Crippen LogP contribution in [0.25, 0.3) is 11.1 Å². The third kappa shape index (κ3) is 3.81. The van der Waals surface area contributed by atoms with Gasteiger partial charge in [0.15, 0.2) is 11.3 Å². The van der Waals surface area contributed by atoms with Crippen molar-refractivity contribution in [1.82, 2.24) is 4.57 Å². The van der Waals surface area contributed by atoms with Crippen LogP contribution in [-0.4, -0.2) is 10.5 Å². The number of oxazole rings is 1. The van der Waals surface area contributed by atoms with Gasteiger partial charge < -0.3 is 14.5 Å². The van der Waals surface area contributed by atoms with Crippen LogP contribution in [-0.2, 0) is 11.3 Å². The fourth-order valence-electron chi connectivity index (χ4n) is 2.93. The number of benzene rings is 3. The Labute approximate surface area is 161 Å². The summed E-state index contributed by atoms with van der Waals surface area (Å²) in [4.78, 5) is 24.5. The van der Waals surface area contributed by atoms with E-state index in [4.69, 9.17) is 9.15 Å². The zero-order valence-electron chi connectivity index (χ0n) is 15.0. The summed E-state index contributed by atoms with van der Waals surface area (Å²) in [7, 11) is 0. The maximum atomic E-state index is 12.4. The Morgan fingerprint density at radius 2 is 1.64 bits per heavy atom. The molecule has 0 atom stereocenters. The van der Waals surface area contributed by atoms with E-state index in [0.29, 0.717) is 28.3 Å². The number of nitrogens with one attached hydrogen (secondary N) is 1. The van der Waals surface area contributed by atoms with Gasteiger partial charge in [-0.15, -0.1) is 0 Å². The first-order valence-corrected chi connectivity index (χ1v) is 8.91. The predicted molar refractivity (Wildman–Crippen MR) is 107 cm³/mol. The number of carbonyl (C=O) groups is 1. The summed E-state index contributed by atoms with van der Waals surface area (Å²) >= 11 is 0. The van der Waals surface area contributed by atoms with Gasteiger partial charge in [0, 0.05) is 13.0 Å². The Kier molecular flexibility index (Phi) is 4.93. The molecule has 4 rings (SSSR count). The summed E-state index contributed by atoms with van der Waals surface area (Å²) in [6.45, 7) is 0.226. The van der Waals surface area contributed by atoms with Crippen LogP contribution in [0.15, 0.2) is 88.1 Å². The molecule has 0 spiro atoms. The Morgan fingerprint density at radius 3 is 2.50 bits per heavy atom. The number of hydrogen-bond acceptors (Lipinski definition) is 4. The van der Waals surface area contributed by atoms with Crippen LogP contribution in [0.3, 0.4) is 0 Å². The van der Waals surface area contributed by atoms with Gasteiger partial charge in [0.2, 0.25) is 5.91 Å². The zero-order valence-corrected chi connectivity index (χ0v) is 15.0. The van der Waals surface area contributed by atoms with Gasteiger partial charge in [-0.25, -0.2) is 4.79 Å². The lowest BCUT2D eigenvalue weighted by molar-refractivity contribution is -0.116. The van der Waals surface area contributed by atoms with Gasteiger partial charge in [-0.3, -0.25) is 9.36 Å². The molecule has 0 bridgehead atoms. The molecule has 1 aromatic heterocycles. The van der Waals surface area contributed by atoms with Crippen molar-refractivity contribution in [3.05, 3.63) is 89.4 Å². The maximum absolute atomic E-state index is 12.4. The topological polar surface area (TPSA) is 73.5 Å². The minimum atomic E-state index is -0.471. The van der Waals surface area contributed by atoms with Crippen molar-refractivity contribution in [2.45, 2.75) is 13.0 Å². The second-order valence-corrected chi connectivity index (χ2v) is 6.20. The normalized spacial score (nSPS) is 10.7. The van der Waals surface area contributed by atoms with Crippen LogP contribution in [0.1, 0.15) is 6.42 Å². The van der Waals surface area contributed by atoms with Crippen LogP contribution in [0.2, 0.25) is 0 Å². The minimum Gasteiger partial charge on any atom is -0.455 e. The van der Waals surface area contributed by atoms with E-state index in [9.17, 15) is 9.59 Å². The second kappa shape index (κ2) is 7.84. The number of anilines is 1. The van der Waals surface area contributed by atoms with E-state index in [1.54, 1.807) is 30.3 Å². The molecule has 1 heterocycles. The number of para-hydroxylation sites is 5. The lowest BCUT2D eigenvalue weighted by atomic mass is 10.2. The summed E-state index contributed by atoms with van der Waals surface area (Å²) in [5.74, 6) is 0.539. The number of rotatable bonds is 6. The largest absolute Gasteiger partial charge is 0.455 e. The van der Waals surface area contributed by atoms with E-state index < -0.39 is 5.76 Å². The molecule has 1 amide bonds. The van der Waals surface area contributed by atoms with Crippen molar-refractivity contribution in [2.24, 2.45) is 0 Å². The highest BCUT2D eigenvalue weighted by Crippen LogP contribution is 2.29. The number of aryl methyl sites for hydroxylation is 1. The molecule has 0 aliphatic rings. The fraction of sp³-hybridized carbons (Fsp3) is 0.0909. The summed E-state index contributed by atoms with van der Waals surface area (Å²) in [6.07, 6.45) is 0.128. The maximum Gasteiger partial charge on any atom is 0.419 e. The van der Waals surface area contributed by atoms with Crippen LogP contribution in [0, 0.1) is 0 Å². The third-order valence-electron chi connectivity index (χ3n) is 4.27. The molecule has 140 valence electrons. The highest BCUT2D eigenvalue weighted by Gasteiger charge is 2.12. The van der Waals surface area contributed by atoms with E-state index in [0.717, 1.165) is 0 Å². The molecule has 6 heteroatoms. The standard InChI is InChI=1S/C22H18N2O4/c25-21(14-15-24-18-11-5-7-13-20(18)28-22(24)26)23-17-10-4-6-12-19(17)27-16-8-2-1-3-9-16/h1-13H,14-15H2,(H,23,25). The minimum absolute atomic E-state index is 0.128. The van der Waals surface area contributed by atoms with E-state index in [1.165, 1.54) is 4.57 Å². The summed E-state index contributed by atoms with van der Waals surface area (Å²) < 4.78 is 12.5. The number of nitrogens with zero attached hydrogens (tertiary/aromatic N) is 1. The summed E-state index contributed by atoms with van der Waals surface area (Å²) in [6, 6.07) is 23.7. The number of carbonyl (C=O) groups excluding carboxylic acids is 1. The Bertz CT molecular complexity index is 1160. The molecule has 0 fully saturated rings. The smallest absolute Gasteiger partial charge is 0.419 e. The van der Waals surface area contributed by atoms with Gasteiger partial charge in [0.05, 0.1) is 11.2 Å². The highest BCUT2D eigenvalue weighted by atomic mass is 16.5. The molecule has 0 unspecified atom stereocenters. The van der Waals surface area contributed by atoms with E-state index >= 15 is 0 Å². The quantitative estimate of drug-likeness (QED) is 0.542. The van der Waals surface area contributed by atoms with Crippen molar-refractivity contribution in [2.75, 3.05) is 5.32 Å². The molecular formula is C22H18N2O4. The summed E-state index contributed by atoms with van der Waals surface area (Å²) in [5.41, 5.74) is 1.75. The lowest BCUT2D eigenvalue weighted by Crippen LogP contribution is -2.20. The van der Waals surface area contributed by atoms with E-state index in [2.05, 4.69) is 5.32 Å². The number of fused-ring (bicyclic) bond motifs is 1. The van der Waals surface area contributed by atoms with Crippen molar-refractivity contribution >= 4 is 22.7 Å². The molecule has 3 aromatic carbocycles. The number of aromatic nitrogens is 1. The SMILES string of the molecule is O=C(CCn1c(=O)oc2ccccc21)Nc1ccccc1Oc1ccccc1. The molecule has 0 saturated heterocycles. The average molecular weight is 374 g/mol. The lowest BCUT2D eigenvalue weighted by Gasteiger charge is -2.12. The monoisotopic (exact) mass is 374 g/mol. The molecule has 4 aromatic rings. The first-order valence-electron chi connectivity index (χ1n) is 8.91. The van der Waals surface area contributed by atoms with Crippen molar-refractivity contribution in [3.63, 3.8) is 0 Å². The Hall–Kier alpha value is -3.80. The molecule has 0 saturated carbocycles. The molecule has 0 radical (unpaired) electrons. The van der Waals surface area contributed by atoms with Crippen LogP contribution in [0.5, 0.6) is 11.5 Å². The van der Waals surface area contributed by atoms with Crippen LogP contribution >= 0.6 is 0 Å². The van der Waals surface area contributed by atoms with Crippen molar-refractivity contribution in [1.29, 1.82) is 0 Å². The first kappa shape index (κ1) is 17.6. The fourth-order valence-corrected chi connectivity index (χ4v) is 2.93. The molecule has 1 N–H and O–H groups in total. The molecule has 0 aliphatic carbocycles. The van der Waals surface area contributed by atoms with Gasteiger partial charge in [0.25, 0.3) is 0 Å². The van der Waals surface area contributed by atoms with Gasteiger partial charge in [-0.05, 0) is 36.4 Å². The number of amides is 1. The summed E-state index contributed by atoms with van der Waals surface area (Å²) in [5, 5.41) is 2.85. The highest BCUT2D eigenvalue weighted by molar-refractivity contribution is 5.92. The van der Waals surface area contributed by atoms with Crippen molar-refractivity contribution < 1.29 is 13.9 Å². The van der Waals surface area contributed by atoms with Crippen molar-refractivity contribution in [3.8, 4) is 11.5 Å². The second-order valence-electron chi connectivity index (χ2n) is 6.20. The van der Waals surface area contributed by atoms with Gasteiger partial charge in [-0.1, -0.05) is 42.5 Å². The van der Waals surface area contributed by atoms with Gasteiger partial charge >= 0.3 is 5.76 Å². The number of ether oxygens (including phenoxy) is 1. The van der Waals surface area contributed by atoms with Crippen LogP contribution < -0.4 is 15.8 Å². The van der Waals surface area contributed by atoms with E-state index in [-0.39, 0.29) is 18.9 Å². The molecule has 28 heavy (non-hydrogen) atoms. The first-order chi connectivity index (χ1) is 13.7. The molecule has 6 nitrogen and oxygen atoms in total. The van der Waals surface area contributed by atoms with Crippen LogP contribution in [0.4, 0.5) is 5.69 Å². The molecular weight excluding hydrogens is 356 g/mol. The Morgan fingerprint density at radius 1 is 0.929 bits per heavy atom. The predicted octanol–water partition coefficient (Wildman–Crippen LogP) is 4.42. The Balaban J connectivity index is 1.46. The van der Waals surface area contributed by atoms with Gasteiger partial charge in [0.1, 0.15) is 5.75 Å².